The highest BCUT2D eigenvalue weighted by molar-refractivity contribution is 6.31. The van der Waals surface area contributed by atoms with Crippen molar-refractivity contribution in [2.24, 2.45) is 11.8 Å². The van der Waals surface area contributed by atoms with E-state index in [1.54, 1.807) is 6.20 Å². The van der Waals surface area contributed by atoms with Crippen LogP contribution in [0.25, 0.3) is 22.0 Å². The fraction of sp³-hybridized carbons (Fsp3) is 0.467. The van der Waals surface area contributed by atoms with Gasteiger partial charge in [0.15, 0.2) is 5.78 Å². The molecule has 0 radical (unpaired) electrons. The van der Waals surface area contributed by atoms with E-state index in [0.717, 1.165) is 62.9 Å². The molecule has 35 heavy (non-hydrogen) atoms. The van der Waals surface area contributed by atoms with Crippen LogP contribution in [-0.4, -0.2) is 48.4 Å². The fourth-order valence-electron chi connectivity index (χ4n) is 5.63. The molecule has 4 nitrogen and oxygen atoms in total. The third-order valence-corrected chi connectivity index (χ3v) is 8.19. The monoisotopic (exact) mass is 489 g/mol. The summed E-state index contributed by atoms with van der Waals surface area (Å²) in [6.45, 7) is 11.7. The number of benzene rings is 2. The lowest BCUT2D eigenvalue weighted by Crippen LogP contribution is -2.39. The second-order valence-corrected chi connectivity index (χ2v) is 11.1. The lowest BCUT2D eigenvalue weighted by atomic mass is 9.92. The van der Waals surface area contributed by atoms with Crippen molar-refractivity contribution in [2.75, 3.05) is 37.6 Å². The molecule has 3 heterocycles. The molecule has 0 saturated carbocycles. The molecule has 2 fully saturated rings. The molecule has 0 amide bonds. The van der Waals surface area contributed by atoms with Crippen molar-refractivity contribution in [3.8, 4) is 11.1 Å². The van der Waals surface area contributed by atoms with Gasteiger partial charge in [-0.1, -0.05) is 43.6 Å². The minimum Gasteiger partial charge on any atom is -0.370 e. The molecule has 0 bridgehead atoms. The number of likely N-dealkylation sites (tertiary alicyclic amines) is 1. The Hall–Kier alpha value is -2.43. The Morgan fingerprint density at radius 2 is 1.71 bits per heavy atom. The predicted octanol–water partition coefficient (Wildman–Crippen LogP) is 7.01. The summed E-state index contributed by atoms with van der Waals surface area (Å²) in [6, 6.07) is 12.6. The van der Waals surface area contributed by atoms with Gasteiger partial charge in [0, 0.05) is 42.2 Å². The zero-order chi connectivity index (χ0) is 24.5. The average molecular weight is 490 g/mol. The number of pyridine rings is 1. The van der Waals surface area contributed by atoms with E-state index in [2.05, 4.69) is 40.1 Å². The van der Waals surface area contributed by atoms with Crippen molar-refractivity contribution in [3.63, 3.8) is 0 Å². The van der Waals surface area contributed by atoms with Crippen LogP contribution < -0.4 is 4.90 Å². The molecular weight excluding hydrogens is 454 g/mol. The number of carbonyl (C=O) groups is 1. The van der Waals surface area contributed by atoms with Gasteiger partial charge in [0.2, 0.25) is 0 Å². The number of aromatic nitrogens is 1. The van der Waals surface area contributed by atoms with Gasteiger partial charge in [0.1, 0.15) is 0 Å². The van der Waals surface area contributed by atoms with Crippen molar-refractivity contribution in [2.45, 2.75) is 46.5 Å². The van der Waals surface area contributed by atoms with Crippen LogP contribution in [0, 0.1) is 18.8 Å². The number of fused-ring (bicyclic) bond motifs is 1. The first kappa shape index (κ1) is 24.3. The number of nitrogens with zero attached hydrogens (tertiary/aromatic N) is 3. The van der Waals surface area contributed by atoms with E-state index >= 15 is 0 Å². The molecule has 2 aliphatic rings. The molecule has 2 aromatic carbocycles. The van der Waals surface area contributed by atoms with Crippen LogP contribution in [0.3, 0.4) is 0 Å². The number of halogens is 1. The number of anilines is 1. The highest BCUT2D eigenvalue weighted by Crippen LogP contribution is 2.37. The third kappa shape index (κ3) is 5.10. The van der Waals surface area contributed by atoms with Crippen LogP contribution in [0.15, 0.2) is 42.6 Å². The Kier molecular flexibility index (Phi) is 7.13. The minimum atomic E-state index is -0.0696. The summed E-state index contributed by atoms with van der Waals surface area (Å²) in [4.78, 5) is 23.1. The SMILES string of the molecule is Cc1ccc(-c2ccc3ncc(C(=O)C(C)C)c(N4CCC(CN5CCCC5)CC4)c3c2)cc1Cl. The number of hydrogen-bond donors (Lipinski definition) is 0. The van der Waals surface area contributed by atoms with E-state index in [4.69, 9.17) is 16.6 Å². The number of aryl methyl sites for hydroxylation is 1. The average Bonchev–Trinajstić information content (AvgIpc) is 3.38. The summed E-state index contributed by atoms with van der Waals surface area (Å²) in [6.07, 6.45) is 6.83. The van der Waals surface area contributed by atoms with Gasteiger partial charge < -0.3 is 9.80 Å². The number of hydrogen-bond acceptors (Lipinski definition) is 4. The second-order valence-electron chi connectivity index (χ2n) is 10.7. The van der Waals surface area contributed by atoms with E-state index in [0.29, 0.717) is 0 Å². The van der Waals surface area contributed by atoms with Gasteiger partial charge in [0.25, 0.3) is 0 Å². The molecule has 3 aromatic rings. The predicted molar refractivity (Wildman–Crippen MR) is 147 cm³/mol. The van der Waals surface area contributed by atoms with Crippen LogP contribution >= 0.6 is 11.6 Å². The Balaban J connectivity index is 1.52. The summed E-state index contributed by atoms with van der Waals surface area (Å²) < 4.78 is 0. The minimum absolute atomic E-state index is 0.0696. The van der Waals surface area contributed by atoms with E-state index in [1.165, 1.54) is 45.3 Å². The van der Waals surface area contributed by atoms with Crippen LogP contribution in [0.1, 0.15) is 55.5 Å². The van der Waals surface area contributed by atoms with Crippen molar-refractivity contribution in [1.29, 1.82) is 0 Å². The second kappa shape index (κ2) is 10.3. The normalized spacial score (nSPS) is 17.6. The molecule has 0 atom stereocenters. The van der Waals surface area contributed by atoms with Gasteiger partial charge >= 0.3 is 0 Å². The summed E-state index contributed by atoms with van der Waals surface area (Å²) >= 11 is 6.44. The topological polar surface area (TPSA) is 36.4 Å². The van der Waals surface area contributed by atoms with Crippen molar-refractivity contribution < 1.29 is 4.79 Å². The largest absolute Gasteiger partial charge is 0.370 e. The maximum absolute atomic E-state index is 13.3. The van der Waals surface area contributed by atoms with Gasteiger partial charge in [-0.05, 0) is 86.5 Å². The summed E-state index contributed by atoms with van der Waals surface area (Å²) in [7, 11) is 0. The maximum atomic E-state index is 13.3. The van der Waals surface area contributed by atoms with Gasteiger partial charge in [-0.3, -0.25) is 9.78 Å². The number of rotatable bonds is 6. The molecule has 2 aliphatic heterocycles. The van der Waals surface area contributed by atoms with Gasteiger partial charge in [-0.15, -0.1) is 0 Å². The first-order valence-electron chi connectivity index (χ1n) is 13.1. The molecule has 0 unspecified atom stereocenters. The van der Waals surface area contributed by atoms with E-state index in [9.17, 15) is 4.79 Å². The molecule has 0 aliphatic carbocycles. The van der Waals surface area contributed by atoms with Crippen LogP contribution in [0.5, 0.6) is 0 Å². The smallest absolute Gasteiger partial charge is 0.169 e. The zero-order valence-corrected chi connectivity index (χ0v) is 21.9. The molecule has 0 N–H and O–H groups in total. The molecule has 184 valence electrons. The van der Waals surface area contributed by atoms with E-state index < -0.39 is 0 Å². The van der Waals surface area contributed by atoms with Crippen molar-refractivity contribution in [1.82, 2.24) is 9.88 Å². The van der Waals surface area contributed by atoms with Crippen molar-refractivity contribution in [3.05, 3.63) is 58.7 Å². The highest BCUT2D eigenvalue weighted by atomic mass is 35.5. The quantitative estimate of drug-likeness (QED) is 0.349. The molecule has 5 heteroatoms. The number of piperidine rings is 1. The number of carbonyl (C=O) groups excluding carboxylic acids is 1. The van der Waals surface area contributed by atoms with Crippen LogP contribution in [-0.2, 0) is 0 Å². The summed E-state index contributed by atoms with van der Waals surface area (Å²) in [5.74, 6) is 0.837. The first-order valence-corrected chi connectivity index (χ1v) is 13.5. The molecule has 2 saturated heterocycles. The number of ketones is 1. The third-order valence-electron chi connectivity index (χ3n) is 7.78. The highest BCUT2D eigenvalue weighted by Gasteiger charge is 2.27. The van der Waals surface area contributed by atoms with E-state index in [1.807, 2.05) is 26.8 Å². The summed E-state index contributed by atoms with van der Waals surface area (Å²) in [5.41, 5.74) is 6.00. The standard InChI is InChI=1S/C30H36ClN3O/c1-20(2)30(35)26-18-32-28-9-8-23(24-7-6-21(3)27(31)17-24)16-25(28)29(26)34-14-10-22(11-15-34)19-33-12-4-5-13-33/h6-9,16-18,20,22H,4-5,10-15,19H2,1-3H3. The van der Waals surface area contributed by atoms with Crippen molar-refractivity contribution >= 4 is 34.0 Å². The Labute approximate surface area is 214 Å². The lowest BCUT2D eigenvalue weighted by molar-refractivity contribution is 0.0939. The molecular formula is C30H36ClN3O. The van der Waals surface area contributed by atoms with Gasteiger partial charge in [0.05, 0.1) is 16.8 Å². The Bertz CT molecular complexity index is 1220. The van der Waals surface area contributed by atoms with Crippen LogP contribution in [0.2, 0.25) is 5.02 Å². The summed E-state index contributed by atoms with van der Waals surface area (Å²) in [5, 5.41) is 1.83. The molecule has 1 aromatic heterocycles. The van der Waals surface area contributed by atoms with Gasteiger partial charge in [-0.2, -0.15) is 0 Å². The molecule has 0 spiro atoms. The maximum Gasteiger partial charge on any atom is 0.169 e. The van der Waals surface area contributed by atoms with Gasteiger partial charge in [-0.25, -0.2) is 0 Å². The number of Topliss-reactive ketones (excluding diaryl/α,β-unsaturated/α-hetero) is 1. The first-order chi connectivity index (χ1) is 16.9. The molecule has 5 rings (SSSR count). The fourth-order valence-corrected chi connectivity index (χ4v) is 5.81. The van der Waals surface area contributed by atoms with Crippen LogP contribution in [0.4, 0.5) is 5.69 Å². The Morgan fingerprint density at radius 3 is 2.40 bits per heavy atom. The lowest BCUT2D eigenvalue weighted by Gasteiger charge is -2.36. The zero-order valence-electron chi connectivity index (χ0n) is 21.2. The van der Waals surface area contributed by atoms with E-state index in [-0.39, 0.29) is 11.7 Å². The Morgan fingerprint density at radius 1 is 1.03 bits per heavy atom.